The van der Waals surface area contributed by atoms with Crippen molar-refractivity contribution in [2.75, 3.05) is 11.9 Å². The largest absolute Gasteiger partial charge is 0.462 e. The number of hydrogen-bond donors (Lipinski definition) is 1. The van der Waals surface area contributed by atoms with Crippen LogP contribution in [0.3, 0.4) is 0 Å². The molecule has 0 radical (unpaired) electrons. The van der Waals surface area contributed by atoms with Crippen molar-refractivity contribution in [2.24, 2.45) is 0 Å². The number of carbonyl (C=O) groups is 2. The fraction of sp³-hybridized carbons (Fsp3) is 0.111. The molecule has 0 saturated carbocycles. The van der Waals surface area contributed by atoms with Crippen LogP contribution < -0.4 is 5.32 Å². The SMILES string of the molecule is CCOC(=O)/C(=C\Nc1cccc(F)c1)C(=O)c1ccc(Cl)cc1Cl. The summed E-state index contributed by atoms with van der Waals surface area (Å²) in [7, 11) is 0. The lowest BCUT2D eigenvalue weighted by Crippen LogP contribution is -2.18. The first-order valence-electron chi connectivity index (χ1n) is 7.31. The lowest BCUT2D eigenvalue weighted by molar-refractivity contribution is -0.138. The molecule has 1 N–H and O–H groups in total. The van der Waals surface area contributed by atoms with Gasteiger partial charge in [-0.15, -0.1) is 0 Å². The van der Waals surface area contributed by atoms with Gasteiger partial charge in [-0.3, -0.25) is 4.79 Å². The van der Waals surface area contributed by atoms with Crippen LogP contribution in [0.5, 0.6) is 0 Å². The van der Waals surface area contributed by atoms with E-state index in [9.17, 15) is 14.0 Å². The monoisotopic (exact) mass is 381 g/mol. The normalized spacial score (nSPS) is 11.1. The minimum Gasteiger partial charge on any atom is -0.462 e. The fourth-order valence-electron chi connectivity index (χ4n) is 1.98. The summed E-state index contributed by atoms with van der Waals surface area (Å²) in [6.45, 7) is 1.72. The molecule has 0 aliphatic carbocycles. The van der Waals surface area contributed by atoms with Crippen LogP contribution >= 0.6 is 23.2 Å². The van der Waals surface area contributed by atoms with Crippen LogP contribution in [0.2, 0.25) is 10.0 Å². The number of benzene rings is 2. The van der Waals surface area contributed by atoms with E-state index in [0.29, 0.717) is 10.7 Å². The number of hydrogen-bond acceptors (Lipinski definition) is 4. The van der Waals surface area contributed by atoms with Gasteiger partial charge in [0.05, 0.1) is 11.6 Å². The smallest absolute Gasteiger partial charge is 0.343 e. The van der Waals surface area contributed by atoms with Crippen molar-refractivity contribution in [1.29, 1.82) is 0 Å². The van der Waals surface area contributed by atoms with E-state index < -0.39 is 17.6 Å². The average Bonchev–Trinajstić information content (AvgIpc) is 2.55. The van der Waals surface area contributed by atoms with Crippen molar-refractivity contribution in [1.82, 2.24) is 0 Å². The van der Waals surface area contributed by atoms with Gasteiger partial charge in [-0.1, -0.05) is 29.3 Å². The minimum atomic E-state index is -0.817. The van der Waals surface area contributed by atoms with Crippen LogP contribution in [-0.2, 0) is 9.53 Å². The molecule has 0 unspecified atom stereocenters. The summed E-state index contributed by atoms with van der Waals surface area (Å²) in [5.74, 6) is -1.91. The fourth-order valence-corrected chi connectivity index (χ4v) is 2.47. The second kappa shape index (κ2) is 8.65. The Morgan fingerprint density at radius 3 is 2.60 bits per heavy atom. The Morgan fingerprint density at radius 2 is 1.96 bits per heavy atom. The van der Waals surface area contributed by atoms with Crippen LogP contribution in [-0.4, -0.2) is 18.4 Å². The van der Waals surface area contributed by atoms with Crippen molar-refractivity contribution in [3.05, 3.63) is 75.7 Å². The highest BCUT2D eigenvalue weighted by Gasteiger charge is 2.23. The maximum absolute atomic E-state index is 13.2. The number of carbonyl (C=O) groups excluding carboxylic acids is 2. The molecule has 0 aliphatic heterocycles. The summed E-state index contributed by atoms with van der Waals surface area (Å²) in [6.07, 6.45) is 1.17. The third-order valence-corrected chi connectivity index (χ3v) is 3.67. The Bertz CT molecular complexity index is 837. The molecule has 4 nitrogen and oxygen atoms in total. The lowest BCUT2D eigenvalue weighted by Gasteiger charge is -2.09. The van der Waals surface area contributed by atoms with Crippen LogP contribution in [0.4, 0.5) is 10.1 Å². The molecule has 0 spiro atoms. The Hall–Kier alpha value is -2.37. The molecule has 0 aliphatic rings. The maximum Gasteiger partial charge on any atom is 0.343 e. The Morgan fingerprint density at radius 1 is 1.20 bits per heavy atom. The molecule has 0 heterocycles. The topological polar surface area (TPSA) is 55.4 Å². The summed E-state index contributed by atoms with van der Waals surface area (Å²) in [5, 5.41) is 3.19. The van der Waals surface area contributed by atoms with Crippen molar-refractivity contribution in [3.63, 3.8) is 0 Å². The van der Waals surface area contributed by atoms with Crippen LogP contribution in [0.1, 0.15) is 17.3 Å². The highest BCUT2D eigenvalue weighted by atomic mass is 35.5. The summed E-state index contributed by atoms with van der Waals surface area (Å²) >= 11 is 11.9. The number of ether oxygens (including phenoxy) is 1. The van der Waals surface area contributed by atoms with Crippen LogP contribution in [0, 0.1) is 5.82 Å². The molecule has 130 valence electrons. The highest BCUT2D eigenvalue weighted by Crippen LogP contribution is 2.24. The molecule has 2 aromatic carbocycles. The third kappa shape index (κ3) is 5.05. The van der Waals surface area contributed by atoms with Crippen molar-refractivity contribution >= 4 is 40.6 Å². The molecule has 7 heteroatoms. The Labute approximate surface area is 154 Å². The Kier molecular flexibility index (Phi) is 6.56. The van der Waals surface area contributed by atoms with E-state index in [1.54, 1.807) is 13.0 Å². The van der Waals surface area contributed by atoms with E-state index in [1.165, 1.54) is 42.6 Å². The standard InChI is InChI=1S/C18H14Cl2FNO3/c1-2-25-18(24)15(10-22-13-5-3-4-12(21)9-13)17(23)14-7-6-11(19)8-16(14)20/h3-10,22H,2H2,1H3/b15-10-. The number of esters is 1. The molecular weight excluding hydrogens is 368 g/mol. The molecule has 0 atom stereocenters. The summed E-state index contributed by atoms with van der Waals surface area (Å²) < 4.78 is 18.1. The van der Waals surface area contributed by atoms with Gasteiger partial charge in [0.2, 0.25) is 5.78 Å². The quantitative estimate of drug-likeness (QED) is 0.255. The zero-order valence-corrected chi connectivity index (χ0v) is 14.7. The number of rotatable bonds is 6. The lowest BCUT2D eigenvalue weighted by atomic mass is 10.0. The van der Waals surface area contributed by atoms with Crippen LogP contribution in [0.15, 0.2) is 54.2 Å². The first kappa shape index (κ1) is 19.0. The first-order valence-corrected chi connectivity index (χ1v) is 8.07. The number of nitrogens with one attached hydrogen (secondary N) is 1. The van der Waals surface area contributed by atoms with Gasteiger partial charge in [0.15, 0.2) is 0 Å². The van der Waals surface area contributed by atoms with E-state index in [4.69, 9.17) is 27.9 Å². The molecule has 0 fully saturated rings. The zero-order valence-electron chi connectivity index (χ0n) is 13.2. The molecule has 0 aromatic heterocycles. The van der Waals surface area contributed by atoms with E-state index in [0.717, 1.165) is 0 Å². The first-order chi connectivity index (χ1) is 11.9. The molecule has 0 bridgehead atoms. The second-order valence-corrected chi connectivity index (χ2v) is 5.73. The zero-order chi connectivity index (χ0) is 18.4. The van der Waals surface area contributed by atoms with Gasteiger partial charge < -0.3 is 10.1 Å². The number of anilines is 1. The average molecular weight is 382 g/mol. The predicted octanol–water partition coefficient (Wildman–Crippen LogP) is 4.87. The van der Waals surface area contributed by atoms with Crippen molar-refractivity contribution in [2.45, 2.75) is 6.92 Å². The van der Waals surface area contributed by atoms with Gasteiger partial charge in [0.25, 0.3) is 0 Å². The number of Topliss-reactive ketones (excluding diaryl/α,β-unsaturated/α-hetero) is 1. The molecule has 2 aromatic rings. The van der Waals surface area contributed by atoms with Gasteiger partial charge in [-0.2, -0.15) is 0 Å². The van der Waals surface area contributed by atoms with E-state index in [2.05, 4.69) is 5.32 Å². The van der Waals surface area contributed by atoms with Gasteiger partial charge in [-0.25, -0.2) is 9.18 Å². The van der Waals surface area contributed by atoms with E-state index in [1.807, 2.05) is 0 Å². The van der Waals surface area contributed by atoms with Gasteiger partial charge in [0.1, 0.15) is 11.4 Å². The van der Waals surface area contributed by atoms with Gasteiger partial charge in [-0.05, 0) is 43.3 Å². The Balaban J connectivity index is 2.36. The molecule has 2 rings (SSSR count). The number of halogens is 3. The summed E-state index contributed by atoms with van der Waals surface area (Å²) in [6, 6.07) is 9.89. The second-order valence-electron chi connectivity index (χ2n) is 4.89. The molecule has 25 heavy (non-hydrogen) atoms. The predicted molar refractivity (Wildman–Crippen MR) is 95.5 cm³/mol. The third-order valence-electron chi connectivity index (χ3n) is 3.12. The van der Waals surface area contributed by atoms with E-state index >= 15 is 0 Å². The highest BCUT2D eigenvalue weighted by molar-refractivity contribution is 6.39. The van der Waals surface area contributed by atoms with Crippen molar-refractivity contribution < 1.29 is 18.7 Å². The van der Waals surface area contributed by atoms with Gasteiger partial charge >= 0.3 is 5.97 Å². The van der Waals surface area contributed by atoms with Gasteiger partial charge in [0, 0.05) is 22.5 Å². The van der Waals surface area contributed by atoms with Crippen molar-refractivity contribution in [3.8, 4) is 0 Å². The van der Waals surface area contributed by atoms with E-state index in [-0.39, 0.29) is 22.8 Å². The summed E-state index contributed by atoms with van der Waals surface area (Å²) in [4.78, 5) is 24.8. The molecule has 0 saturated heterocycles. The maximum atomic E-state index is 13.2. The molecule has 0 amide bonds. The van der Waals surface area contributed by atoms with Crippen LogP contribution in [0.25, 0.3) is 0 Å². The minimum absolute atomic E-state index is 0.0950. The molecular formula is C18H14Cl2FNO3. The number of ketones is 1. The summed E-state index contributed by atoms with van der Waals surface area (Å²) in [5.41, 5.74) is 0.207.